The molecule has 0 saturated carbocycles. The van der Waals surface area contributed by atoms with E-state index >= 15 is 0 Å². The Morgan fingerprint density at radius 3 is 1.88 bits per heavy atom. The lowest BCUT2D eigenvalue weighted by Crippen LogP contribution is -2.51. The fourth-order valence-electron chi connectivity index (χ4n) is 8.72. The van der Waals surface area contributed by atoms with Crippen molar-refractivity contribution in [3.8, 4) is 33.6 Å². The third-order valence-corrected chi connectivity index (χ3v) is 13.1. The highest BCUT2D eigenvalue weighted by Gasteiger charge is 2.39. The van der Waals surface area contributed by atoms with Crippen molar-refractivity contribution < 1.29 is 19.1 Å². The van der Waals surface area contributed by atoms with Crippen molar-refractivity contribution in [2.75, 3.05) is 31.7 Å². The molecule has 12 nitrogen and oxygen atoms in total. The zero-order chi connectivity index (χ0) is 39.6. The van der Waals surface area contributed by atoms with E-state index in [1.54, 1.807) is 0 Å². The average Bonchev–Trinajstić information content (AvgIpc) is 4.09. The number of aromatic nitrogens is 4. The van der Waals surface area contributed by atoms with Crippen LogP contribution in [0.25, 0.3) is 44.4 Å². The van der Waals surface area contributed by atoms with Gasteiger partial charge in [-0.2, -0.15) is 11.8 Å². The van der Waals surface area contributed by atoms with Crippen LogP contribution in [0.3, 0.4) is 0 Å². The summed E-state index contributed by atoms with van der Waals surface area (Å²) >= 11 is 1.95. The van der Waals surface area contributed by atoms with Gasteiger partial charge in [-0.25, -0.2) is 14.8 Å². The van der Waals surface area contributed by atoms with Gasteiger partial charge in [0.1, 0.15) is 17.7 Å². The highest BCUT2D eigenvalue weighted by Crippen LogP contribution is 2.36. The minimum atomic E-state index is -0.678. The maximum absolute atomic E-state index is 13.6. The molecule has 5 heterocycles. The monoisotopic (exact) mass is 788 g/mol. The lowest BCUT2D eigenvalue weighted by atomic mass is 9.93. The number of nitrogens with two attached hydrogens (primary N) is 1. The Hall–Kier alpha value is -5.14. The van der Waals surface area contributed by atoms with Crippen molar-refractivity contribution in [1.29, 1.82) is 0 Å². The van der Waals surface area contributed by atoms with Gasteiger partial charge < -0.3 is 35.6 Å². The van der Waals surface area contributed by atoms with E-state index < -0.39 is 18.2 Å². The number of alkyl carbamates (subject to hydrolysis) is 1. The quantitative estimate of drug-likeness (QED) is 0.113. The number of methoxy groups -OCH3 is 1. The Morgan fingerprint density at radius 2 is 1.28 bits per heavy atom. The second-order valence-corrected chi connectivity index (χ2v) is 17.2. The highest BCUT2D eigenvalue weighted by atomic mass is 32.2. The first-order valence-corrected chi connectivity index (χ1v) is 21.4. The number of fused-ring (bicyclic) bond motifs is 1. The summed E-state index contributed by atoms with van der Waals surface area (Å²) in [6.07, 6.45) is 8.60. The van der Waals surface area contributed by atoms with Gasteiger partial charge in [-0.15, -0.1) is 0 Å². The van der Waals surface area contributed by atoms with E-state index in [0.717, 1.165) is 113 Å². The Morgan fingerprint density at radius 1 is 0.754 bits per heavy atom. The molecule has 0 spiro atoms. The first-order chi connectivity index (χ1) is 27.7. The Balaban J connectivity index is 0.932. The lowest BCUT2D eigenvalue weighted by molar-refractivity contribution is -0.136. The number of nitrogens with one attached hydrogen (secondary N) is 3. The minimum Gasteiger partial charge on any atom is -0.453 e. The number of amides is 3. The highest BCUT2D eigenvalue weighted by molar-refractivity contribution is 7.99. The zero-order valence-electron chi connectivity index (χ0n) is 32.9. The number of rotatable bonds is 10. The molecule has 4 atom stereocenters. The molecule has 1 unspecified atom stereocenters. The summed E-state index contributed by atoms with van der Waals surface area (Å²) in [5.74, 6) is 3.84. The van der Waals surface area contributed by atoms with Crippen molar-refractivity contribution in [1.82, 2.24) is 35.1 Å². The van der Waals surface area contributed by atoms with E-state index in [-0.39, 0.29) is 35.7 Å². The number of hydrogen-bond acceptors (Lipinski definition) is 8. The summed E-state index contributed by atoms with van der Waals surface area (Å²) in [5, 5.41) is 4.95. The molecule has 3 aromatic carbocycles. The topological polar surface area (TPSA) is 162 Å². The lowest BCUT2D eigenvalue weighted by Gasteiger charge is -2.31. The maximum Gasteiger partial charge on any atom is 0.407 e. The molecule has 0 bridgehead atoms. The largest absolute Gasteiger partial charge is 0.453 e. The van der Waals surface area contributed by atoms with Crippen LogP contribution in [-0.4, -0.2) is 91.4 Å². The van der Waals surface area contributed by atoms with Gasteiger partial charge in [0.25, 0.3) is 0 Å². The van der Waals surface area contributed by atoms with E-state index in [0.29, 0.717) is 6.54 Å². The summed E-state index contributed by atoms with van der Waals surface area (Å²) in [7, 11) is 1.30. The molecule has 13 heteroatoms. The Kier molecular flexibility index (Phi) is 11.4. The van der Waals surface area contributed by atoms with Crippen LogP contribution in [0.5, 0.6) is 0 Å². The predicted molar refractivity (Wildman–Crippen MR) is 224 cm³/mol. The van der Waals surface area contributed by atoms with Gasteiger partial charge in [-0.3, -0.25) is 9.59 Å². The summed E-state index contributed by atoms with van der Waals surface area (Å²) < 4.78 is 4.77. The van der Waals surface area contributed by atoms with E-state index in [1.165, 1.54) is 7.11 Å². The first kappa shape index (κ1) is 38.7. The van der Waals surface area contributed by atoms with Gasteiger partial charge in [0, 0.05) is 18.7 Å². The SMILES string of the molecule is COC(=O)NC(C(=O)N1CCC[C@H]1c1ncc(-c2ccc3cc(-c4ccc(-c5cnc([C@@H]6CCCN6C(=O)[C@@H](N)C6CCSCC6)[nH]5)cc4)ccc3c2)[nH]1)C(C)C. The Bertz CT molecular complexity index is 2230. The van der Waals surface area contributed by atoms with Crippen LogP contribution in [0.15, 0.2) is 73.1 Å². The zero-order valence-corrected chi connectivity index (χ0v) is 33.7. The summed E-state index contributed by atoms with van der Waals surface area (Å²) in [6.45, 7) is 5.15. The van der Waals surface area contributed by atoms with Gasteiger partial charge in [-0.05, 0) is 101 Å². The number of likely N-dealkylation sites (tertiary alicyclic amines) is 2. The predicted octanol–water partition coefficient (Wildman–Crippen LogP) is 7.47. The maximum atomic E-state index is 13.6. The van der Waals surface area contributed by atoms with Crippen molar-refractivity contribution in [2.24, 2.45) is 17.6 Å². The van der Waals surface area contributed by atoms with Gasteiger partial charge >= 0.3 is 6.09 Å². The average molecular weight is 789 g/mol. The summed E-state index contributed by atoms with van der Waals surface area (Å²) in [6, 6.07) is 20.0. The molecule has 5 aromatic rings. The van der Waals surface area contributed by atoms with Gasteiger partial charge in [0.15, 0.2) is 0 Å². The number of carbonyl (C=O) groups is 3. The fraction of sp³-hybridized carbons (Fsp3) is 0.432. The van der Waals surface area contributed by atoms with Crippen LogP contribution >= 0.6 is 11.8 Å². The second kappa shape index (κ2) is 16.8. The molecule has 3 aliphatic rings. The number of H-pyrrole nitrogens is 2. The van der Waals surface area contributed by atoms with Crippen molar-refractivity contribution in [2.45, 2.75) is 76.5 Å². The summed E-state index contributed by atoms with van der Waals surface area (Å²) in [4.78, 5) is 59.3. The molecule has 0 aliphatic carbocycles. The number of thioether (sulfide) groups is 1. The van der Waals surface area contributed by atoms with Crippen molar-refractivity contribution in [3.63, 3.8) is 0 Å². The number of benzene rings is 3. The van der Waals surface area contributed by atoms with E-state index in [2.05, 4.69) is 75.9 Å². The number of carbonyl (C=O) groups excluding carboxylic acids is 3. The van der Waals surface area contributed by atoms with Crippen LogP contribution < -0.4 is 11.1 Å². The third-order valence-electron chi connectivity index (χ3n) is 12.0. The molecular formula is C44H52N8O4S. The third kappa shape index (κ3) is 8.04. The molecule has 57 heavy (non-hydrogen) atoms. The molecule has 2 aromatic heterocycles. The number of nitrogens with zero attached hydrogens (tertiary/aromatic N) is 4. The van der Waals surface area contributed by atoms with Crippen molar-refractivity contribution >= 4 is 40.4 Å². The molecule has 3 amide bonds. The van der Waals surface area contributed by atoms with Crippen LogP contribution in [0.4, 0.5) is 4.79 Å². The van der Waals surface area contributed by atoms with Gasteiger partial charge in [0.05, 0.1) is 49.0 Å². The van der Waals surface area contributed by atoms with Crippen LogP contribution in [0, 0.1) is 11.8 Å². The van der Waals surface area contributed by atoms with E-state index in [1.807, 2.05) is 47.8 Å². The fourth-order valence-corrected chi connectivity index (χ4v) is 9.86. The van der Waals surface area contributed by atoms with E-state index in [4.69, 9.17) is 20.4 Å². The number of imidazole rings is 2. The minimum absolute atomic E-state index is 0.0626. The van der Waals surface area contributed by atoms with Gasteiger partial charge in [-0.1, -0.05) is 62.4 Å². The summed E-state index contributed by atoms with van der Waals surface area (Å²) in [5.41, 5.74) is 12.6. The standard InChI is InChI=1S/C44H52N8O4S/c1-26(2)39(50-44(55)56-3)43(54)52-19-5-7-37(52)41-47-25-35(49-41)33-15-14-31-22-30(12-13-32(31)23-33)27-8-10-28(11-9-27)34-24-46-40(48-34)36-6-4-18-51(36)42(53)38(45)29-16-20-57-21-17-29/h8-15,22-26,29,36-39H,4-7,16-21,45H2,1-3H3,(H,46,48)(H,47,49)(H,50,55)/t36-,37-,38-,39?/m0/s1. The molecule has 3 saturated heterocycles. The normalized spacial score (nSPS) is 19.9. The molecule has 8 rings (SSSR count). The molecule has 3 fully saturated rings. The number of aromatic amines is 2. The molecule has 298 valence electrons. The van der Waals surface area contributed by atoms with Crippen molar-refractivity contribution in [3.05, 3.63) is 84.7 Å². The molecular weight excluding hydrogens is 737 g/mol. The number of hydrogen-bond donors (Lipinski definition) is 4. The van der Waals surface area contributed by atoms with Crippen LogP contribution in [-0.2, 0) is 14.3 Å². The van der Waals surface area contributed by atoms with Crippen LogP contribution in [0.2, 0.25) is 0 Å². The first-order valence-electron chi connectivity index (χ1n) is 20.2. The molecule has 0 radical (unpaired) electrons. The van der Waals surface area contributed by atoms with Gasteiger partial charge in [0.2, 0.25) is 11.8 Å². The smallest absolute Gasteiger partial charge is 0.407 e. The van der Waals surface area contributed by atoms with Crippen LogP contribution in [0.1, 0.15) is 76.1 Å². The second-order valence-electron chi connectivity index (χ2n) is 15.9. The molecule has 5 N–H and O–H groups in total. The molecule has 3 aliphatic heterocycles. The Labute approximate surface area is 337 Å². The number of ether oxygens (including phenoxy) is 1. The van der Waals surface area contributed by atoms with E-state index in [9.17, 15) is 14.4 Å².